The summed E-state index contributed by atoms with van der Waals surface area (Å²) in [6, 6.07) is 3.42. The number of thiocarbonyl (C=S) groups is 1. The third-order valence-electron chi connectivity index (χ3n) is 3.37. The molecule has 3 N–H and O–H groups in total. The fourth-order valence-corrected chi connectivity index (χ4v) is 2.62. The maximum atomic E-state index is 12.4. The molecule has 1 atom stereocenters. The van der Waals surface area contributed by atoms with E-state index in [4.69, 9.17) is 29.6 Å². The molecule has 2 rings (SSSR count). The summed E-state index contributed by atoms with van der Waals surface area (Å²) < 4.78 is 8.27. The fraction of sp³-hybridized carbons (Fsp3) is 0.333. The Labute approximate surface area is 130 Å². The lowest BCUT2D eigenvalue weighted by atomic mass is 9.86. The van der Waals surface area contributed by atoms with Crippen LogP contribution >= 0.6 is 35.5 Å². The van der Waals surface area contributed by atoms with Crippen LogP contribution in [0.5, 0.6) is 0 Å². The van der Waals surface area contributed by atoms with Gasteiger partial charge in [-0.3, -0.25) is 4.79 Å². The van der Waals surface area contributed by atoms with Gasteiger partial charge in [-0.05, 0) is 25.5 Å². The highest BCUT2D eigenvalue weighted by Gasteiger charge is 2.35. The van der Waals surface area contributed by atoms with Gasteiger partial charge in [0.2, 0.25) is 5.91 Å². The molecule has 1 amide bonds. The summed E-state index contributed by atoms with van der Waals surface area (Å²) in [5, 5.41) is 3.18. The quantitative estimate of drug-likeness (QED) is 0.843. The van der Waals surface area contributed by atoms with Gasteiger partial charge in [-0.2, -0.15) is 8.75 Å². The zero-order chi connectivity index (χ0) is 14.9. The van der Waals surface area contributed by atoms with Crippen molar-refractivity contribution in [2.24, 2.45) is 11.1 Å². The number of hydrogen-bond donors (Lipinski definition) is 2. The molecule has 8 heteroatoms. The van der Waals surface area contributed by atoms with E-state index in [9.17, 15) is 4.79 Å². The summed E-state index contributed by atoms with van der Waals surface area (Å²) in [5.74, 6) is -0.296. The number of anilines is 1. The van der Waals surface area contributed by atoms with Crippen molar-refractivity contribution in [2.45, 2.75) is 20.3 Å². The van der Waals surface area contributed by atoms with Gasteiger partial charge in [0, 0.05) is 0 Å². The molecule has 5 nitrogen and oxygen atoms in total. The Kier molecular flexibility index (Phi) is 4.22. The number of nitrogens with two attached hydrogens (primary N) is 1. The van der Waals surface area contributed by atoms with Gasteiger partial charge in [-0.1, -0.05) is 30.7 Å². The molecule has 0 saturated heterocycles. The first kappa shape index (κ1) is 15.1. The lowest BCUT2D eigenvalue weighted by molar-refractivity contribution is -0.121. The first-order valence-electron chi connectivity index (χ1n) is 5.92. The summed E-state index contributed by atoms with van der Waals surface area (Å²) in [7, 11) is 0. The normalized spacial score (nSPS) is 13.9. The van der Waals surface area contributed by atoms with Crippen LogP contribution in [0, 0.1) is 5.41 Å². The Morgan fingerprint density at radius 1 is 1.55 bits per heavy atom. The second kappa shape index (κ2) is 5.59. The van der Waals surface area contributed by atoms with Gasteiger partial charge >= 0.3 is 0 Å². The zero-order valence-electron chi connectivity index (χ0n) is 10.9. The molecule has 0 bridgehead atoms. The molecular formula is C12H13ClN4OS2. The lowest BCUT2D eigenvalue weighted by Gasteiger charge is -2.25. The van der Waals surface area contributed by atoms with Crippen LogP contribution in [0.4, 0.5) is 5.69 Å². The average molecular weight is 329 g/mol. The number of halogens is 1. The van der Waals surface area contributed by atoms with E-state index in [0.29, 0.717) is 28.2 Å². The van der Waals surface area contributed by atoms with Gasteiger partial charge in [0.15, 0.2) is 0 Å². The molecule has 0 radical (unpaired) electrons. The van der Waals surface area contributed by atoms with Crippen LogP contribution in [0.15, 0.2) is 12.1 Å². The zero-order valence-corrected chi connectivity index (χ0v) is 13.3. The predicted molar refractivity (Wildman–Crippen MR) is 86.2 cm³/mol. The molecule has 0 fully saturated rings. The molecule has 2 aromatic rings. The molecule has 1 heterocycles. The Bertz CT molecular complexity index is 687. The van der Waals surface area contributed by atoms with E-state index in [1.54, 1.807) is 19.1 Å². The summed E-state index contributed by atoms with van der Waals surface area (Å²) in [5.41, 5.74) is 6.45. The largest absolute Gasteiger partial charge is 0.392 e. The molecule has 0 aliphatic heterocycles. The molecular weight excluding hydrogens is 316 g/mol. The van der Waals surface area contributed by atoms with Gasteiger partial charge < -0.3 is 11.1 Å². The van der Waals surface area contributed by atoms with Crippen molar-refractivity contribution in [3.05, 3.63) is 17.2 Å². The van der Waals surface area contributed by atoms with Crippen LogP contribution in [0.2, 0.25) is 5.02 Å². The van der Waals surface area contributed by atoms with Crippen molar-refractivity contribution in [1.29, 1.82) is 0 Å². The third kappa shape index (κ3) is 2.48. The highest BCUT2D eigenvalue weighted by molar-refractivity contribution is 7.80. The highest BCUT2D eigenvalue weighted by atomic mass is 35.5. The topological polar surface area (TPSA) is 80.9 Å². The second-order valence-corrected chi connectivity index (χ2v) is 5.93. The minimum atomic E-state index is -0.926. The van der Waals surface area contributed by atoms with Crippen LogP contribution in [0.25, 0.3) is 11.0 Å². The Balaban J connectivity index is 2.42. The summed E-state index contributed by atoms with van der Waals surface area (Å²) >= 11 is 12.2. The lowest BCUT2D eigenvalue weighted by Crippen LogP contribution is -2.43. The maximum absolute atomic E-state index is 12.4. The molecule has 0 aliphatic carbocycles. The van der Waals surface area contributed by atoms with E-state index >= 15 is 0 Å². The van der Waals surface area contributed by atoms with Crippen molar-refractivity contribution in [3.8, 4) is 0 Å². The van der Waals surface area contributed by atoms with Crippen molar-refractivity contribution < 1.29 is 4.79 Å². The Morgan fingerprint density at radius 2 is 2.25 bits per heavy atom. The van der Waals surface area contributed by atoms with Gasteiger partial charge in [0.25, 0.3) is 0 Å². The number of nitrogens with one attached hydrogen (secondary N) is 1. The minimum absolute atomic E-state index is 0.150. The third-order valence-corrected chi connectivity index (χ3v) is 4.68. The van der Waals surface area contributed by atoms with Crippen LogP contribution in [-0.2, 0) is 4.79 Å². The summed E-state index contributed by atoms with van der Waals surface area (Å²) in [6.07, 6.45) is 0.497. The van der Waals surface area contributed by atoms with E-state index in [1.807, 2.05) is 6.92 Å². The molecule has 1 unspecified atom stereocenters. The van der Waals surface area contributed by atoms with Gasteiger partial charge in [-0.25, -0.2) is 0 Å². The van der Waals surface area contributed by atoms with Crippen LogP contribution in [0.1, 0.15) is 20.3 Å². The van der Waals surface area contributed by atoms with Crippen LogP contribution < -0.4 is 11.1 Å². The Hall–Kier alpha value is -1.31. The average Bonchev–Trinajstić information content (AvgIpc) is 2.89. The van der Waals surface area contributed by atoms with Crippen molar-refractivity contribution in [2.75, 3.05) is 5.32 Å². The second-order valence-electron chi connectivity index (χ2n) is 4.56. The number of hydrogen-bond acceptors (Lipinski definition) is 5. The molecule has 20 heavy (non-hydrogen) atoms. The molecule has 0 saturated carbocycles. The van der Waals surface area contributed by atoms with Gasteiger partial charge in [-0.15, -0.1) is 0 Å². The number of carbonyl (C=O) groups excluding carboxylic acids is 1. The highest BCUT2D eigenvalue weighted by Crippen LogP contribution is 2.32. The number of carbonyl (C=O) groups is 1. The summed E-state index contributed by atoms with van der Waals surface area (Å²) in [4.78, 5) is 12.6. The van der Waals surface area contributed by atoms with Gasteiger partial charge in [0.05, 0.1) is 32.8 Å². The minimum Gasteiger partial charge on any atom is -0.392 e. The molecule has 0 spiro atoms. The number of nitrogens with zero attached hydrogens (tertiary/aromatic N) is 2. The molecule has 1 aromatic heterocycles. The summed E-state index contributed by atoms with van der Waals surface area (Å²) in [6.45, 7) is 3.56. The standard InChI is InChI=1S/C12H13ClN4OS2/c1-3-12(2,10(14)19)11(18)15-8-6(13)4-5-7-9(8)17-20-16-7/h4-5H,3H2,1-2H3,(H2,14,19)(H,15,18). The van der Waals surface area contributed by atoms with Crippen molar-refractivity contribution in [1.82, 2.24) is 8.75 Å². The van der Waals surface area contributed by atoms with Crippen LogP contribution in [-0.4, -0.2) is 19.6 Å². The van der Waals surface area contributed by atoms with E-state index in [2.05, 4.69) is 14.1 Å². The SMILES string of the molecule is CCC(C)(C(=O)Nc1c(Cl)ccc2nsnc12)C(N)=S. The first-order chi connectivity index (χ1) is 9.40. The molecule has 106 valence electrons. The van der Waals surface area contributed by atoms with Crippen LogP contribution in [0.3, 0.4) is 0 Å². The number of fused-ring (bicyclic) bond motifs is 1. The Morgan fingerprint density at radius 3 is 2.85 bits per heavy atom. The number of amides is 1. The first-order valence-corrected chi connectivity index (χ1v) is 7.44. The number of benzene rings is 1. The van der Waals surface area contributed by atoms with Crippen molar-refractivity contribution in [3.63, 3.8) is 0 Å². The van der Waals surface area contributed by atoms with Gasteiger partial charge in [0.1, 0.15) is 11.0 Å². The van der Waals surface area contributed by atoms with E-state index in [1.165, 1.54) is 0 Å². The smallest absolute Gasteiger partial charge is 0.237 e. The number of rotatable bonds is 4. The number of aromatic nitrogens is 2. The maximum Gasteiger partial charge on any atom is 0.237 e. The van der Waals surface area contributed by atoms with E-state index in [-0.39, 0.29) is 10.9 Å². The fourth-order valence-electron chi connectivity index (χ4n) is 1.64. The predicted octanol–water partition coefficient (Wildman–Crippen LogP) is 2.99. The van der Waals surface area contributed by atoms with Crippen molar-refractivity contribution >= 4 is 63.2 Å². The molecule has 1 aromatic carbocycles. The monoisotopic (exact) mass is 328 g/mol. The van der Waals surface area contributed by atoms with E-state index < -0.39 is 5.41 Å². The van der Waals surface area contributed by atoms with E-state index in [0.717, 1.165) is 11.7 Å². The molecule has 0 aliphatic rings.